The van der Waals surface area contributed by atoms with Gasteiger partial charge in [0.1, 0.15) is 16.9 Å². The number of aliphatic hydroxyl groups excluding tert-OH is 1. The summed E-state index contributed by atoms with van der Waals surface area (Å²) >= 11 is 1.47. The molecule has 0 aliphatic heterocycles. The Bertz CT molecular complexity index is 836. The molecule has 0 spiro atoms. The molecule has 29 heavy (non-hydrogen) atoms. The summed E-state index contributed by atoms with van der Waals surface area (Å²) in [6, 6.07) is 6.77. The molecule has 1 heterocycles. The number of carbonyl (C=O) groups is 2. The fourth-order valence-corrected chi connectivity index (χ4v) is 3.62. The van der Waals surface area contributed by atoms with Crippen LogP contribution in [-0.4, -0.2) is 41.8 Å². The van der Waals surface area contributed by atoms with Gasteiger partial charge in [0, 0.05) is 25.3 Å². The lowest BCUT2D eigenvalue weighted by Gasteiger charge is -2.30. The Morgan fingerprint density at radius 2 is 2.00 bits per heavy atom. The maximum Gasteiger partial charge on any atom is 0.341 e. The van der Waals surface area contributed by atoms with Crippen LogP contribution in [0.1, 0.15) is 44.5 Å². The third kappa shape index (κ3) is 6.03. The molecule has 2 aromatic rings. The molecular formula is C21H28N2O5S. The molecule has 8 heteroatoms. The summed E-state index contributed by atoms with van der Waals surface area (Å²) in [4.78, 5) is 26.4. The van der Waals surface area contributed by atoms with Crippen LogP contribution < -0.4 is 15.4 Å². The minimum absolute atomic E-state index is 0.116. The minimum Gasteiger partial charge on any atom is -0.487 e. The predicted molar refractivity (Wildman–Crippen MR) is 114 cm³/mol. The number of rotatable bonds is 9. The third-order valence-corrected chi connectivity index (χ3v) is 4.85. The monoisotopic (exact) mass is 420 g/mol. The highest BCUT2D eigenvalue weighted by molar-refractivity contribution is 7.08. The Kier molecular flexibility index (Phi) is 7.78. The summed E-state index contributed by atoms with van der Waals surface area (Å²) in [5.74, 6) is -0.415. The molecule has 0 fully saturated rings. The topological polar surface area (TPSA) is 102 Å². The van der Waals surface area contributed by atoms with Crippen LogP contribution in [0.25, 0.3) is 0 Å². The Hall–Kier alpha value is -2.42. The number of aliphatic hydroxyl groups is 1. The first kappa shape index (κ1) is 22.9. The van der Waals surface area contributed by atoms with Gasteiger partial charge in [0.2, 0.25) is 5.91 Å². The number of thiophene rings is 1. The molecule has 1 atom stereocenters. The van der Waals surface area contributed by atoms with Crippen LogP contribution in [0.5, 0.6) is 5.75 Å². The van der Waals surface area contributed by atoms with Gasteiger partial charge in [-0.15, -0.1) is 0 Å². The minimum atomic E-state index is -0.769. The van der Waals surface area contributed by atoms with Crippen LogP contribution in [-0.2, 0) is 9.53 Å². The second kappa shape index (κ2) is 9.87. The Labute approximate surface area is 175 Å². The van der Waals surface area contributed by atoms with Gasteiger partial charge in [-0.3, -0.25) is 9.69 Å². The van der Waals surface area contributed by atoms with E-state index in [1.807, 2.05) is 30.7 Å². The van der Waals surface area contributed by atoms with Gasteiger partial charge in [-0.1, -0.05) is 0 Å². The summed E-state index contributed by atoms with van der Waals surface area (Å²) in [5, 5.41) is 13.6. The van der Waals surface area contributed by atoms with E-state index in [2.05, 4.69) is 0 Å². The van der Waals surface area contributed by atoms with Crippen molar-refractivity contribution in [3.63, 3.8) is 0 Å². The van der Waals surface area contributed by atoms with Gasteiger partial charge in [-0.25, -0.2) is 4.79 Å². The fraction of sp³-hybridized carbons (Fsp3) is 0.429. The van der Waals surface area contributed by atoms with Crippen molar-refractivity contribution < 1.29 is 24.2 Å². The van der Waals surface area contributed by atoms with E-state index in [1.165, 1.54) is 23.2 Å². The molecule has 0 saturated heterocycles. The Balaban J connectivity index is 2.45. The molecule has 3 N–H and O–H groups in total. The molecule has 1 unspecified atom stereocenters. The zero-order chi connectivity index (χ0) is 21.6. The maximum atomic E-state index is 12.6. The number of nitrogens with two attached hydrogens (primary N) is 1. The first-order chi connectivity index (χ1) is 13.7. The molecule has 158 valence electrons. The van der Waals surface area contributed by atoms with Crippen LogP contribution in [0.2, 0.25) is 0 Å². The average Bonchev–Trinajstić information content (AvgIpc) is 3.16. The number of esters is 1. The highest BCUT2D eigenvalue weighted by atomic mass is 32.1. The number of ether oxygens (including phenoxy) is 2. The second-order valence-electron chi connectivity index (χ2n) is 7.19. The average molecular weight is 421 g/mol. The van der Waals surface area contributed by atoms with E-state index >= 15 is 0 Å². The third-order valence-electron chi connectivity index (χ3n) is 4.18. The molecule has 1 aromatic heterocycles. The van der Waals surface area contributed by atoms with Crippen molar-refractivity contribution >= 4 is 34.6 Å². The standard InChI is InChI=1S/C21H28N2O5S/c1-5-27-20(26)18-10-15(23(14(2)24)16-8-9-29-13-16)6-7-19(18)28-21(3,4)11-17(25)12-22/h6-10,13,17,25H,5,11-12,22H2,1-4H3. The molecule has 0 saturated carbocycles. The molecule has 7 nitrogen and oxygen atoms in total. The van der Waals surface area contributed by atoms with E-state index < -0.39 is 17.7 Å². The van der Waals surface area contributed by atoms with E-state index in [0.29, 0.717) is 17.9 Å². The quantitative estimate of drug-likeness (QED) is 0.602. The number of amides is 1. The molecule has 2 rings (SSSR count). The van der Waals surface area contributed by atoms with E-state index in [0.717, 1.165) is 5.69 Å². The summed E-state index contributed by atoms with van der Waals surface area (Å²) < 4.78 is 11.2. The first-order valence-electron chi connectivity index (χ1n) is 9.39. The van der Waals surface area contributed by atoms with Crippen molar-refractivity contribution in [1.29, 1.82) is 0 Å². The van der Waals surface area contributed by atoms with E-state index in [4.69, 9.17) is 15.2 Å². The summed E-state index contributed by atoms with van der Waals surface area (Å²) in [7, 11) is 0. The SMILES string of the molecule is CCOC(=O)c1cc(N(C(C)=O)c2ccsc2)ccc1OC(C)(C)CC(O)CN. The lowest BCUT2D eigenvalue weighted by molar-refractivity contribution is -0.115. The normalized spacial score (nSPS) is 12.3. The molecule has 0 radical (unpaired) electrons. The van der Waals surface area contributed by atoms with Crippen LogP contribution in [0.3, 0.4) is 0 Å². The smallest absolute Gasteiger partial charge is 0.341 e. The lowest BCUT2D eigenvalue weighted by Crippen LogP contribution is -2.36. The van der Waals surface area contributed by atoms with Gasteiger partial charge >= 0.3 is 5.97 Å². The van der Waals surface area contributed by atoms with Crippen molar-refractivity contribution in [3.05, 3.63) is 40.6 Å². The summed E-state index contributed by atoms with van der Waals surface area (Å²) in [5.41, 5.74) is 6.20. The van der Waals surface area contributed by atoms with Crippen molar-refractivity contribution in [2.45, 2.75) is 45.8 Å². The molecule has 1 aromatic carbocycles. The highest BCUT2D eigenvalue weighted by Crippen LogP contribution is 2.34. The van der Waals surface area contributed by atoms with Gasteiger partial charge in [0.05, 0.1) is 24.1 Å². The van der Waals surface area contributed by atoms with E-state index in [9.17, 15) is 14.7 Å². The van der Waals surface area contributed by atoms with E-state index in [1.54, 1.807) is 25.1 Å². The van der Waals surface area contributed by atoms with E-state index in [-0.39, 0.29) is 24.6 Å². The Morgan fingerprint density at radius 3 is 2.55 bits per heavy atom. The number of benzene rings is 1. The molecule has 0 bridgehead atoms. The maximum absolute atomic E-state index is 12.6. The number of nitrogens with zero attached hydrogens (tertiary/aromatic N) is 1. The van der Waals surface area contributed by atoms with Crippen LogP contribution >= 0.6 is 11.3 Å². The van der Waals surface area contributed by atoms with Gasteiger partial charge in [-0.05, 0) is 50.4 Å². The number of hydrogen-bond donors (Lipinski definition) is 2. The van der Waals surface area contributed by atoms with Crippen LogP contribution in [0, 0.1) is 0 Å². The van der Waals surface area contributed by atoms with Crippen LogP contribution in [0.4, 0.5) is 11.4 Å². The van der Waals surface area contributed by atoms with Crippen molar-refractivity contribution in [3.8, 4) is 5.75 Å². The zero-order valence-electron chi connectivity index (χ0n) is 17.2. The van der Waals surface area contributed by atoms with Gasteiger partial charge in [-0.2, -0.15) is 11.3 Å². The second-order valence-corrected chi connectivity index (χ2v) is 7.97. The lowest BCUT2D eigenvalue weighted by atomic mass is 10.00. The van der Waals surface area contributed by atoms with Crippen molar-refractivity contribution in [2.24, 2.45) is 5.73 Å². The highest BCUT2D eigenvalue weighted by Gasteiger charge is 2.27. The molecule has 1 amide bonds. The van der Waals surface area contributed by atoms with Crippen LogP contribution in [0.15, 0.2) is 35.0 Å². The number of anilines is 2. The summed E-state index contributed by atoms with van der Waals surface area (Å²) in [6.45, 7) is 7.12. The Morgan fingerprint density at radius 1 is 1.28 bits per heavy atom. The van der Waals surface area contributed by atoms with Crippen molar-refractivity contribution in [1.82, 2.24) is 0 Å². The van der Waals surface area contributed by atoms with Gasteiger partial charge < -0.3 is 20.3 Å². The largest absolute Gasteiger partial charge is 0.487 e. The van der Waals surface area contributed by atoms with Crippen molar-refractivity contribution in [2.75, 3.05) is 18.1 Å². The van der Waals surface area contributed by atoms with Gasteiger partial charge in [0.25, 0.3) is 0 Å². The molecule has 0 aliphatic rings. The number of hydrogen-bond acceptors (Lipinski definition) is 7. The fourth-order valence-electron chi connectivity index (χ4n) is 3.00. The number of carbonyl (C=O) groups excluding carboxylic acids is 2. The predicted octanol–water partition coefficient (Wildman–Crippen LogP) is 3.48. The molecule has 0 aliphatic carbocycles. The first-order valence-corrected chi connectivity index (χ1v) is 10.3. The summed E-state index contributed by atoms with van der Waals surface area (Å²) in [6.07, 6.45) is -0.427. The molecular weight excluding hydrogens is 392 g/mol. The van der Waals surface area contributed by atoms with Gasteiger partial charge in [0.15, 0.2) is 0 Å². The zero-order valence-corrected chi connectivity index (χ0v) is 18.0.